The molecule has 108 valence electrons. The second-order valence-electron chi connectivity index (χ2n) is 6.35. The van der Waals surface area contributed by atoms with Crippen LogP contribution in [0.2, 0.25) is 0 Å². The van der Waals surface area contributed by atoms with Gasteiger partial charge in [-0.1, -0.05) is 18.5 Å². The third-order valence-corrected chi connectivity index (χ3v) is 3.96. The smallest absolute Gasteiger partial charge is 0.400 e. The molecule has 1 fully saturated rings. The molecule has 0 atom stereocenters. The highest BCUT2D eigenvalue weighted by Gasteiger charge is 2.49. The number of hydrogen-bond acceptors (Lipinski definition) is 3. The van der Waals surface area contributed by atoms with Gasteiger partial charge in [0.25, 0.3) is 0 Å². The van der Waals surface area contributed by atoms with E-state index in [4.69, 9.17) is 9.31 Å². The van der Waals surface area contributed by atoms with E-state index in [0.29, 0.717) is 6.42 Å². The summed E-state index contributed by atoms with van der Waals surface area (Å²) in [5.41, 5.74) is -0.521. The van der Waals surface area contributed by atoms with Crippen LogP contribution in [-0.2, 0) is 14.1 Å². The molecule has 0 saturated carbocycles. The number of carbonyl (C=O) groups is 1. The summed E-state index contributed by atoms with van der Waals surface area (Å²) in [5, 5.41) is 0. The van der Waals surface area contributed by atoms with E-state index in [9.17, 15) is 4.79 Å². The van der Waals surface area contributed by atoms with Gasteiger partial charge in [0, 0.05) is 6.42 Å². The second kappa shape index (κ2) is 6.71. The predicted molar refractivity (Wildman–Crippen MR) is 79.0 cm³/mol. The van der Waals surface area contributed by atoms with E-state index in [2.05, 4.69) is 33.8 Å². The van der Waals surface area contributed by atoms with Crippen LogP contribution < -0.4 is 0 Å². The maximum Gasteiger partial charge on any atom is 0.486 e. The Bertz CT molecular complexity index is 318. The standard InChI is InChI=1S/C15H27BO3/c1-13(17)11-9-7-6-8-10-12-16-18-14(2,3)15(4,5)19-16/h10,12H,6-9,11H2,1-5H3/b12-10+. The van der Waals surface area contributed by atoms with Crippen LogP contribution >= 0.6 is 0 Å². The molecule has 0 aromatic rings. The highest BCUT2D eigenvalue weighted by Crippen LogP contribution is 2.36. The van der Waals surface area contributed by atoms with Gasteiger partial charge in [0.05, 0.1) is 11.2 Å². The zero-order chi connectivity index (χ0) is 14.5. The van der Waals surface area contributed by atoms with E-state index < -0.39 is 0 Å². The third-order valence-electron chi connectivity index (χ3n) is 3.96. The number of hydrogen-bond donors (Lipinski definition) is 0. The fourth-order valence-electron chi connectivity index (χ4n) is 1.99. The highest BCUT2D eigenvalue weighted by molar-refractivity contribution is 6.51. The first-order valence-corrected chi connectivity index (χ1v) is 7.26. The van der Waals surface area contributed by atoms with Gasteiger partial charge in [-0.2, -0.15) is 0 Å². The molecule has 4 heteroatoms. The fraction of sp³-hybridized carbons (Fsp3) is 0.800. The average molecular weight is 266 g/mol. The summed E-state index contributed by atoms with van der Waals surface area (Å²) in [5.74, 6) is 2.29. The maximum atomic E-state index is 10.8. The maximum absolute atomic E-state index is 10.8. The zero-order valence-electron chi connectivity index (χ0n) is 13.0. The van der Waals surface area contributed by atoms with Crippen LogP contribution in [0.1, 0.15) is 66.7 Å². The van der Waals surface area contributed by atoms with Crippen LogP contribution in [0.4, 0.5) is 0 Å². The van der Waals surface area contributed by atoms with Crippen molar-refractivity contribution in [1.29, 1.82) is 0 Å². The normalized spacial score (nSPS) is 21.2. The Morgan fingerprint density at radius 1 is 1.05 bits per heavy atom. The molecule has 0 bridgehead atoms. The van der Waals surface area contributed by atoms with Crippen molar-refractivity contribution in [2.45, 2.75) is 77.9 Å². The lowest BCUT2D eigenvalue weighted by molar-refractivity contribution is -0.117. The van der Waals surface area contributed by atoms with E-state index >= 15 is 0 Å². The van der Waals surface area contributed by atoms with Crippen LogP contribution in [0.25, 0.3) is 0 Å². The summed E-state index contributed by atoms with van der Waals surface area (Å²) in [7, 11) is -0.234. The zero-order valence-corrected chi connectivity index (χ0v) is 13.0. The molecular formula is C15H27BO3. The van der Waals surface area contributed by atoms with Crippen LogP contribution in [-0.4, -0.2) is 24.1 Å². The van der Waals surface area contributed by atoms with Crippen molar-refractivity contribution in [2.24, 2.45) is 0 Å². The molecule has 1 rings (SSSR count). The predicted octanol–water partition coefficient (Wildman–Crippen LogP) is 3.71. The van der Waals surface area contributed by atoms with E-state index in [1.807, 2.05) is 5.98 Å². The Balaban J connectivity index is 2.19. The highest BCUT2D eigenvalue weighted by atomic mass is 16.7. The van der Waals surface area contributed by atoms with Gasteiger partial charge in [-0.25, -0.2) is 0 Å². The molecule has 1 heterocycles. The van der Waals surface area contributed by atoms with E-state index in [1.54, 1.807) is 6.92 Å². The minimum atomic E-state index is -0.260. The average Bonchev–Trinajstić information content (AvgIpc) is 2.45. The summed E-state index contributed by atoms with van der Waals surface area (Å²) in [4.78, 5) is 10.8. The molecular weight excluding hydrogens is 239 g/mol. The quantitative estimate of drug-likeness (QED) is 0.520. The lowest BCUT2D eigenvalue weighted by atomic mass is 9.89. The van der Waals surface area contributed by atoms with Gasteiger partial charge in [0.15, 0.2) is 0 Å². The lowest BCUT2D eigenvalue weighted by Gasteiger charge is -2.32. The molecule has 1 aliphatic rings. The number of unbranched alkanes of at least 4 members (excludes halogenated alkanes) is 3. The largest absolute Gasteiger partial charge is 0.486 e. The first kappa shape index (κ1) is 16.4. The monoisotopic (exact) mass is 266 g/mol. The fourth-order valence-corrected chi connectivity index (χ4v) is 1.99. The van der Waals surface area contributed by atoms with Gasteiger partial charge in [-0.05, 0) is 53.9 Å². The first-order valence-electron chi connectivity index (χ1n) is 7.26. The lowest BCUT2D eigenvalue weighted by Crippen LogP contribution is -2.41. The Labute approximate surface area is 117 Å². The summed E-state index contributed by atoms with van der Waals surface area (Å²) < 4.78 is 11.7. The summed E-state index contributed by atoms with van der Waals surface area (Å²) in [6.45, 7) is 9.88. The Morgan fingerprint density at radius 3 is 2.16 bits per heavy atom. The molecule has 0 aliphatic carbocycles. The van der Waals surface area contributed by atoms with Gasteiger partial charge in [-0.15, -0.1) is 0 Å². The molecule has 0 amide bonds. The van der Waals surface area contributed by atoms with Crippen LogP contribution in [0.15, 0.2) is 12.1 Å². The van der Waals surface area contributed by atoms with Gasteiger partial charge in [0.1, 0.15) is 5.78 Å². The molecule has 0 unspecified atom stereocenters. The van der Waals surface area contributed by atoms with E-state index in [1.165, 1.54) is 0 Å². The van der Waals surface area contributed by atoms with Crippen molar-refractivity contribution >= 4 is 12.9 Å². The Hall–Kier alpha value is -0.605. The summed E-state index contributed by atoms with van der Waals surface area (Å²) in [6, 6.07) is 0. The summed E-state index contributed by atoms with van der Waals surface area (Å²) in [6.07, 6.45) is 7.06. The van der Waals surface area contributed by atoms with Crippen molar-refractivity contribution in [3.8, 4) is 0 Å². The number of rotatable bonds is 7. The van der Waals surface area contributed by atoms with Crippen LogP contribution in [0.5, 0.6) is 0 Å². The third kappa shape index (κ3) is 5.11. The number of carbonyl (C=O) groups excluding carboxylic acids is 1. The molecule has 0 N–H and O–H groups in total. The van der Waals surface area contributed by atoms with Crippen molar-refractivity contribution in [1.82, 2.24) is 0 Å². The number of ketones is 1. The molecule has 0 radical (unpaired) electrons. The summed E-state index contributed by atoms with van der Waals surface area (Å²) >= 11 is 0. The minimum absolute atomic E-state index is 0.234. The SMILES string of the molecule is CC(=O)CCCCC/C=C/B1OC(C)(C)C(C)(C)O1. The Kier molecular flexibility index (Phi) is 5.81. The van der Waals surface area contributed by atoms with Crippen LogP contribution in [0, 0.1) is 0 Å². The van der Waals surface area contributed by atoms with Crippen molar-refractivity contribution in [3.63, 3.8) is 0 Å². The van der Waals surface area contributed by atoms with Crippen molar-refractivity contribution in [3.05, 3.63) is 12.1 Å². The number of Topliss-reactive ketones (excluding diaryl/α,β-unsaturated/α-hetero) is 1. The van der Waals surface area contributed by atoms with Gasteiger partial charge < -0.3 is 14.1 Å². The van der Waals surface area contributed by atoms with Crippen LogP contribution in [0.3, 0.4) is 0 Å². The van der Waals surface area contributed by atoms with Crippen molar-refractivity contribution in [2.75, 3.05) is 0 Å². The Morgan fingerprint density at radius 2 is 1.63 bits per heavy atom. The van der Waals surface area contributed by atoms with Gasteiger partial charge in [-0.3, -0.25) is 0 Å². The van der Waals surface area contributed by atoms with Crippen molar-refractivity contribution < 1.29 is 14.1 Å². The molecule has 1 saturated heterocycles. The molecule has 0 aromatic heterocycles. The minimum Gasteiger partial charge on any atom is -0.400 e. The second-order valence-corrected chi connectivity index (χ2v) is 6.35. The first-order chi connectivity index (χ1) is 8.74. The van der Waals surface area contributed by atoms with Gasteiger partial charge in [0.2, 0.25) is 0 Å². The molecule has 3 nitrogen and oxygen atoms in total. The molecule has 19 heavy (non-hydrogen) atoms. The molecule has 0 spiro atoms. The number of allylic oxidation sites excluding steroid dienone is 1. The van der Waals surface area contributed by atoms with E-state index in [-0.39, 0.29) is 24.1 Å². The topological polar surface area (TPSA) is 35.5 Å². The molecule has 0 aromatic carbocycles. The molecule has 1 aliphatic heterocycles. The van der Waals surface area contributed by atoms with Gasteiger partial charge >= 0.3 is 7.12 Å². The van der Waals surface area contributed by atoms with E-state index in [0.717, 1.165) is 25.7 Å².